The summed E-state index contributed by atoms with van der Waals surface area (Å²) >= 11 is 0. The summed E-state index contributed by atoms with van der Waals surface area (Å²) in [4.78, 5) is 10.1. The zero-order valence-electron chi connectivity index (χ0n) is 8.77. The van der Waals surface area contributed by atoms with E-state index in [4.69, 9.17) is 5.73 Å². The van der Waals surface area contributed by atoms with Gasteiger partial charge in [-0.2, -0.15) is 0 Å². The number of halogens is 1. The number of rotatable bonds is 1. The fourth-order valence-electron chi connectivity index (χ4n) is 2.17. The Bertz CT molecular complexity index is 448. The van der Waals surface area contributed by atoms with Crippen LogP contribution in [0.4, 0.5) is 5.69 Å². The average molecular weight is 245 g/mol. The molecule has 1 aliphatic rings. The van der Waals surface area contributed by atoms with E-state index in [9.17, 15) is 15.2 Å². The third-order valence-electron chi connectivity index (χ3n) is 2.92. The first kappa shape index (κ1) is 12.7. The molecule has 1 aromatic rings. The number of nitrogens with zero attached hydrogens (tertiary/aromatic N) is 1. The van der Waals surface area contributed by atoms with E-state index in [1.54, 1.807) is 0 Å². The van der Waals surface area contributed by atoms with Gasteiger partial charge in [0, 0.05) is 17.7 Å². The number of nitro benzene ring substituents is 1. The second kappa shape index (κ2) is 4.27. The molecule has 88 valence electrons. The molecule has 0 fully saturated rings. The van der Waals surface area contributed by atoms with Crippen LogP contribution in [0, 0.1) is 17.0 Å². The zero-order valence-corrected chi connectivity index (χ0v) is 9.58. The van der Waals surface area contributed by atoms with Gasteiger partial charge in [-0.05, 0) is 30.9 Å². The maximum atomic E-state index is 10.7. The summed E-state index contributed by atoms with van der Waals surface area (Å²) in [6, 6.07) is 1.13. The third kappa shape index (κ3) is 1.72. The van der Waals surface area contributed by atoms with E-state index in [-0.39, 0.29) is 29.9 Å². The molecule has 0 saturated carbocycles. The van der Waals surface area contributed by atoms with Crippen molar-refractivity contribution >= 4 is 18.1 Å². The zero-order chi connectivity index (χ0) is 11.2. The number of fused-ring (bicyclic) bond motifs is 1. The Labute approximate surface area is 98.8 Å². The van der Waals surface area contributed by atoms with Crippen LogP contribution in [0.15, 0.2) is 6.07 Å². The minimum absolute atomic E-state index is 0. The van der Waals surface area contributed by atoms with Crippen LogP contribution in [0.25, 0.3) is 0 Å². The second-order valence-electron chi connectivity index (χ2n) is 3.86. The molecule has 0 radical (unpaired) electrons. The summed E-state index contributed by atoms with van der Waals surface area (Å²) in [6.07, 6.45) is 1.53. The van der Waals surface area contributed by atoms with E-state index in [0.717, 1.165) is 24.0 Å². The molecule has 1 aromatic carbocycles. The average Bonchev–Trinajstić information content (AvgIpc) is 2.54. The Morgan fingerprint density at radius 1 is 1.62 bits per heavy atom. The topological polar surface area (TPSA) is 89.4 Å². The van der Waals surface area contributed by atoms with Crippen LogP contribution in [0.2, 0.25) is 0 Å². The molecule has 1 unspecified atom stereocenters. The highest BCUT2D eigenvalue weighted by Crippen LogP contribution is 2.43. The number of phenols is 1. The van der Waals surface area contributed by atoms with E-state index in [2.05, 4.69) is 0 Å². The van der Waals surface area contributed by atoms with Crippen molar-refractivity contribution in [3.63, 3.8) is 0 Å². The molecule has 16 heavy (non-hydrogen) atoms. The molecule has 0 amide bonds. The number of phenolic OH excluding ortho intramolecular Hbond substituents is 1. The van der Waals surface area contributed by atoms with Gasteiger partial charge in [0.15, 0.2) is 5.75 Å². The maximum absolute atomic E-state index is 10.7. The van der Waals surface area contributed by atoms with Gasteiger partial charge in [0.1, 0.15) is 0 Å². The van der Waals surface area contributed by atoms with Crippen molar-refractivity contribution in [1.29, 1.82) is 0 Å². The molecular formula is C10H13ClN2O3. The lowest BCUT2D eigenvalue weighted by atomic mass is 10.0. The number of aryl methyl sites for hydroxylation is 1. The smallest absolute Gasteiger partial charge is 0.311 e. The van der Waals surface area contributed by atoms with Crippen LogP contribution in [-0.2, 0) is 6.42 Å². The number of aromatic hydroxyl groups is 1. The third-order valence-corrected chi connectivity index (χ3v) is 2.92. The fraction of sp³-hybridized carbons (Fsp3) is 0.400. The quantitative estimate of drug-likeness (QED) is 0.584. The largest absolute Gasteiger partial charge is 0.502 e. The van der Waals surface area contributed by atoms with Gasteiger partial charge >= 0.3 is 5.69 Å². The van der Waals surface area contributed by atoms with Crippen molar-refractivity contribution in [3.8, 4) is 5.75 Å². The molecular weight excluding hydrogens is 232 g/mol. The SMILES string of the molecule is Cc1cc([N+](=O)[O-])c(O)c2c1CCC2N.Cl. The van der Waals surface area contributed by atoms with Crippen molar-refractivity contribution in [2.75, 3.05) is 0 Å². The highest BCUT2D eigenvalue weighted by atomic mass is 35.5. The van der Waals surface area contributed by atoms with Crippen LogP contribution in [0.1, 0.15) is 29.2 Å². The molecule has 0 aromatic heterocycles. The van der Waals surface area contributed by atoms with Crippen molar-refractivity contribution in [2.45, 2.75) is 25.8 Å². The van der Waals surface area contributed by atoms with Gasteiger partial charge in [0.25, 0.3) is 0 Å². The predicted octanol–water partition coefficient (Wildman–Crippen LogP) is 1.98. The molecule has 0 heterocycles. The minimum Gasteiger partial charge on any atom is -0.502 e. The van der Waals surface area contributed by atoms with E-state index < -0.39 is 4.92 Å². The Morgan fingerprint density at radius 2 is 2.25 bits per heavy atom. The molecule has 0 saturated heterocycles. The molecule has 0 spiro atoms. The van der Waals surface area contributed by atoms with Gasteiger partial charge < -0.3 is 10.8 Å². The van der Waals surface area contributed by atoms with Crippen molar-refractivity contribution < 1.29 is 10.0 Å². The first-order valence-corrected chi connectivity index (χ1v) is 4.77. The van der Waals surface area contributed by atoms with Crippen LogP contribution < -0.4 is 5.73 Å². The molecule has 6 heteroatoms. The van der Waals surface area contributed by atoms with Gasteiger partial charge in [0.05, 0.1) is 4.92 Å². The van der Waals surface area contributed by atoms with E-state index in [1.165, 1.54) is 6.07 Å². The van der Waals surface area contributed by atoms with Crippen LogP contribution in [0.5, 0.6) is 5.75 Å². The monoisotopic (exact) mass is 244 g/mol. The lowest BCUT2D eigenvalue weighted by Gasteiger charge is -2.09. The second-order valence-corrected chi connectivity index (χ2v) is 3.86. The number of nitro groups is 1. The van der Waals surface area contributed by atoms with E-state index >= 15 is 0 Å². The molecule has 1 atom stereocenters. The summed E-state index contributed by atoms with van der Waals surface area (Å²) in [6.45, 7) is 1.81. The van der Waals surface area contributed by atoms with Crippen molar-refractivity contribution in [1.82, 2.24) is 0 Å². The van der Waals surface area contributed by atoms with Crippen molar-refractivity contribution in [3.05, 3.63) is 32.9 Å². The Hall–Kier alpha value is -1.33. The molecule has 0 bridgehead atoms. The van der Waals surface area contributed by atoms with Crippen LogP contribution in [-0.4, -0.2) is 10.0 Å². The summed E-state index contributed by atoms with van der Waals surface area (Å²) in [5, 5.41) is 20.4. The van der Waals surface area contributed by atoms with Gasteiger partial charge in [-0.1, -0.05) is 0 Å². The van der Waals surface area contributed by atoms with Crippen LogP contribution >= 0.6 is 12.4 Å². The van der Waals surface area contributed by atoms with Crippen molar-refractivity contribution in [2.24, 2.45) is 5.73 Å². The predicted molar refractivity (Wildman–Crippen MR) is 62.0 cm³/mol. The van der Waals surface area contributed by atoms with E-state index in [1.807, 2.05) is 6.92 Å². The highest BCUT2D eigenvalue weighted by molar-refractivity contribution is 5.85. The first-order valence-electron chi connectivity index (χ1n) is 4.77. The number of hydrogen-bond acceptors (Lipinski definition) is 4. The lowest BCUT2D eigenvalue weighted by molar-refractivity contribution is -0.386. The molecule has 3 N–H and O–H groups in total. The summed E-state index contributed by atoms with van der Waals surface area (Å²) in [7, 11) is 0. The van der Waals surface area contributed by atoms with E-state index in [0.29, 0.717) is 5.56 Å². The minimum atomic E-state index is -0.576. The standard InChI is InChI=1S/C10H12N2O3.ClH/c1-5-4-8(12(14)15)10(13)9-6(5)2-3-7(9)11;/h4,7,13H,2-3,11H2,1H3;1H. The molecule has 1 aliphatic carbocycles. The Morgan fingerprint density at radius 3 is 2.81 bits per heavy atom. The maximum Gasteiger partial charge on any atom is 0.311 e. The van der Waals surface area contributed by atoms with Gasteiger partial charge in [-0.15, -0.1) is 12.4 Å². The van der Waals surface area contributed by atoms with Gasteiger partial charge in [-0.3, -0.25) is 10.1 Å². The normalized spacial score (nSPS) is 17.8. The van der Waals surface area contributed by atoms with Crippen LogP contribution in [0.3, 0.4) is 0 Å². The summed E-state index contributed by atoms with van der Waals surface area (Å²) in [5.41, 5.74) is 7.91. The first-order chi connectivity index (χ1) is 7.02. The molecule has 5 nitrogen and oxygen atoms in total. The number of nitrogens with two attached hydrogens (primary N) is 1. The lowest BCUT2D eigenvalue weighted by Crippen LogP contribution is -2.06. The number of benzene rings is 1. The summed E-state index contributed by atoms with van der Waals surface area (Å²) in [5.74, 6) is -0.259. The Kier molecular flexibility index (Phi) is 3.40. The highest BCUT2D eigenvalue weighted by Gasteiger charge is 2.30. The summed E-state index contributed by atoms with van der Waals surface area (Å²) < 4.78 is 0. The Balaban J connectivity index is 0.00000128. The molecule has 2 rings (SSSR count). The fourth-order valence-corrected chi connectivity index (χ4v) is 2.17. The molecule has 0 aliphatic heterocycles. The van der Waals surface area contributed by atoms with Gasteiger partial charge in [0.2, 0.25) is 0 Å². The van der Waals surface area contributed by atoms with Gasteiger partial charge in [-0.25, -0.2) is 0 Å². The number of hydrogen-bond donors (Lipinski definition) is 2.